The first-order chi connectivity index (χ1) is 7.02. The van der Waals surface area contributed by atoms with E-state index in [4.69, 9.17) is 0 Å². The molecule has 0 radical (unpaired) electrons. The second-order valence-corrected chi connectivity index (χ2v) is 6.12. The Labute approximate surface area is 101 Å². The predicted molar refractivity (Wildman–Crippen MR) is 69.1 cm³/mol. The predicted octanol–water partition coefficient (Wildman–Crippen LogP) is 4.76. The van der Waals surface area contributed by atoms with Gasteiger partial charge in [-0.25, -0.2) is 0 Å². The molecule has 0 bridgehead atoms. The van der Waals surface area contributed by atoms with Crippen molar-refractivity contribution in [3.05, 3.63) is 33.8 Å². The van der Waals surface area contributed by atoms with Crippen LogP contribution < -0.4 is 0 Å². The molecule has 3 atom stereocenters. The molecule has 0 aromatic heterocycles. The van der Waals surface area contributed by atoms with Crippen molar-refractivity contribution in [1.29, 1.82) is 0 Å². The van der Waals surface area contributed by atoms with Crippen molar-refractivity contribution < 1.29 is 0 Å². The lowest BCUT2D eigenvalue weighted by Gasteiger charge is -2.07. The van der Waals surface area contributed by atoms with Crippen LogP contribution in [0, 0.1) is 24.7 Å². The molecule has 1 aliphatic carbocycles. The quantitative estimate of drug-likeness (QED) is 0.724. The van der Waals surface area contributed by atoms with Crippen LogP contribution in [0.1, 0.15) is 37.8 Å². The molecule has 2 rings (SSSR count). The molecule has 1 heteroatoms. The number of halogens is 1. The molecular weight excluding hydrogens is 248 g/mol. The van der Waals surface area contributed by atoms with Crippen molar-refractivity contribution in [2.45, 2.75) is 33.6 Å². The van der Waals surface area contributed by atoms with E-state index in [2.05, 4.69) is 61.8 Å². The number of rotatable bonds is 2. The third-order valence-electron chi connectivity index (χ3n) is 3.81. The van der Waals surface area contributed by atoms with Gasteiger partial charge in [0.15, 0.2) is 0 Å². The zero-order valence-electron chi connectivity index (χ0n) is 9.92. The average Bonchev–Trinajstić information content (AvgIpc) is 2.77. The number of aryl methyl sites for hydroxylation is 1. The van der Waals surface area contributed by atoms with E-state index in [-0.39, 0.29) is 0 Å². The summed E-state index contributed by atoms with van der Waals surface area (Å²) in [6.07, 6.45) is 0. The Balaban J connectivity index is 2.25. The summed E-state index contributed by atoms with van der Waals surface area (Å²) < 4.78 is 1.19. The molecule has 15 heavy (non-hydrogen) atoms. The molecule has 1 aromatic rings. The fraction of sp³-hybridized carbons (Fsp3) is 0.571. The van der Waals surface area contributed by atoms with Crippen LogP contribution >= 0.6 is 15.9 Å². The molecule has 3 unspecified atom stereocenters. The van der Waals surface area contributed by atoms with Crippen molar-refractivity contribution in [2.24, 2.45) is 17.8 Å². The Kier molecular flexibility index (Phi) is 2.94. The molecule has 1 saturated carbocycles. The van der Waals surface area contributed by atoms with Gasteiger partial charge in [0.2, 0.25) is 0 Å². The van der Waals surface area contributed by atoms with Crippen molar-refractivity contribution in [1.82, 2.24) is 0 Å². The van der Waals surface area contributed by atoms with Gasteiger partial charge in [0.05, 0.1) is 0 Å². The van der Waals surface area contributed by atoms with E-state index in [1.165, 1.54) is 10.0 Å². The van der Waals surface area contributed by atoms with Crippen LogP contribution in [0.2, 0.25) is 0 Å². The van der Waals surface area contributed by atoms with Crippen molar-refractivity contribution in [2.75, 3.05) is 0 Å². The highest BCUT2D eigenvalue weighted by Crippen LogP contribution is 2.58. The van der Waals surface area contributed by atoms with E-state index in [0.717, 1.165) is 23.7 Å². The number of hydrogen-bond acceptors (Lipinski definition) is 0. The molecule has 0 N–H and O–H groups in total. The minimum Gasteiger partial charge on any atom is -0.0625 e. The third-order valence-corrected chi connectivity index (χ3v) is 4.30. The Morgan fingerprint density at radius 3 is 2.40 bits per heavy atom. The largest absolute Gasteiger partial charge is 0.0625 e. The molecule has 82 valence electrons. The van der Waals surface area contributed by atoms with Crippen LogP contribution in [0.4, 0.5) is 0 Å². The van der Waals surface area contributed by atoms with Crippen LogP contribution in [0.25, 0.3) is 0 Å². The summed E-state index contributed by atoms with van der Waals surface area (Å²) in [6, 6.07) is 6.70. The summed E-state index contributed by atoms with van der Waals surface area (Å²) in [5, 5.41) is 0. The summed E-state index contributed by atoms with van der Waals surface area (Å²) in [5.74, 6) is 3.38. The SMILES string of the molecule is Cc1cc(Br)ccc1C1C(C)C1C(C)C. The number of hydrogen-bond donors (Lipinski definition) is 0. The van der Waals surface area contributed by atoms with E-state index in [1.54, 1.807) is 5.56 Å². The maximum atomic E-state index is 3.52. The van der Waals surface area contributed by atoms with Crippen LogP contribution in [0.5, 0.6) is 0 Å². The van der Waals surface area contributed by atoms with Gasteiger partial charge in [-0.1, -0.05) is 42.8 Å². The maximum absolute atomic E-state index is 3.52. The lowest BCUT2D eigenvalue weighted by Crippen LogP contribution is -1.94. The maximum Gasteiger partial charge on any atom is 0.0178 e. The lowest BCUT2D eigenvalue weighted by atomic mass is 9.99. The first-order valence-electron chi connectivity index (χ1n) is 5.78. The Morgan fingerprint density at radius 2 is 1.93 bits per heavy atom. The molecule has 1 fully saturated rings. The highest BCUT2D eigenvalue weighted by Gasteiger charge is 2.49. The van der Waals surface area contributed by atoms with Gasteiger partial charge in [0.1, 0.15) is 0 Å². The Hall–Kier alpha value is -0.300. The first kappa shape index (κ1) is 11.2. The highest BCUT2D eigenvalue weighted by atomic mass is 79.9. The molecule has 0 heterocycles. The molecule has 1 aromatic carbocycles. The zero-order chi connectivity index (χ0) is 11.2. The van der Waals surface area contributed by atoms with Gasteiger partial charge in [0.25, 0.3) is 0 Å². The van der Waals surface area contributed by atoms with Gasteiger partial charge in [-0.2, -0.15) is 0 Å². The van der Waals surface area contributed by atoms with Crippen molar-refractivity contribution in [3.8, 4) is 0 Å². The minimum atomic E-state index is 0.804. The highest BCUT2D eigenvalue weighted by molar-refractivity contribution is 9.10. The summed E-state index contributed by atoms with van der Waals surface area (Å²) >= 11 is 3.52. The molecular formula is C14H19Br. The summed E-state index contributed by atoms with van der Waals surface area (Å²) in [5.41, 5.74) is 2.99. The average molecular weight is 267 g/mol. The van der Waals surface area contributed by atoms with E-state index in [9.17, 15) is 0 Å². The van der Waals surface area contributed by atoms with Gasteiger partial charge < -0.3 is 0 Å². The summed E-state index contributed by atoms with van der Waals surface area (Å²) in [4.78, 5) is 0. The van der Waals surface area contributed by atoms with Crippen LogP contribution in [0.3, 0.4) is 0 Å². The fourth-order valence-corrected chi connectivity index (χ4v) is 3.49. The van der Waals surface area contributed by atoms with Gasteiger partial charge in [-0.3, -0.25) is 0 Å². The number of benzene rings is 1. The molecule has 0 spiro atoms. The second-order valence-electron chi connectivity index (χ2n) is 5.21. The Bertz CT molecular complexity index is 368. The van der Waals surface area contributed by atoms with Gasteiger partial charge >= 0.3 is 0 Å². The van der Waals surface area contributed by atoms with E-state index in [0.29, 0.717) is 0 Å². The summed E-state index contributed by atoms with van der Waals surface area (Å²) in [6.45, 7) is 9.30. The van der Waals surface area contributed by atoms with Crippen molar-refractivity contribution in [3.63, 3.8) is 0 Å². The first-order valence-corrected chi connectivity index (χ1v) is 6.57. The second kappa shape index (κ2) is 3.93. The third kappa shape index (κ3) is 1.99. The van der Waals surface area contributed by atoms with Crippen LogP contribution in [-0.4, -0.2) is 0 Å². The monoisotopic (exact) mass is 266 g/mol. The molecule has 0 saturated heterocycles. The smallest absolute Gasteiger partial charge is 0.0178 e. The van der Waals surface area contributed by atoms with E-state index >= 15 is 0 Å². The van der Waals surface area contributed by atoms with Crippen molar-refractivity contribution >= 4 is 15.9 Å². The molecule has 1 aliphatic rings. The van der Waals surface area contributed by atoms with E-state index in [1.807, 2.05) is 0 Å². The zero-order valence-corrected chi connectivity index (χ0v) is 11.5. The van der Waals surface area contributed by atoms with Gasteiger partial charge in [-0.05, 0) is 53.9 Å². The minimum absolute atomic E-state index is 0.804. The molecule has 0 amide bonds. The van der Waals surface area contributed by atoms with Crippen LogP contribution in [-0.2, 0) is 0 Å². The standard InChI is InChI=1S/C14H19Br/c1-8(2)13-10(4)14(13)12-6-5-11(15)7-9(12)3/h5-8,10,13-14H,1-4H3. The fourth-order valence-electron chi connectivity index (χ4n) is 3.02. The van der Waals surface area contributed by atoms with Gasteiger partial charge in [0, 0.05) is 4.47 Å². The molecule has 0 aliphatic heterocycles. The summed E-state index contributed by atoms with van der Waals surface area (Å²) in [7, 11) is 0. The van der Waals surface area contributed by atoms with Gasteiger partial charge in [-0.15, -0.1) is 0 Å². The normalized spacial score (nSPS) is 29.6. The van der Waals surface area contributed by atoms with E-state index < -0.39 is 0 Å². The topological polar surface area (TPSA) is 0 Å². The van der Waals surface area contributed by atoms with Crippen LogP contribution in [0.15, 0.2) is 22.7 Å². The lowest BCUT2D eigenvalue weighted by molar-refractivity contribution is 0.523. The Morgan fingerprint density at radius 1 is 1.27 bits per heavy atom. The molecule has 0 nitrogen and oxygen atoms in total.